The average molecular weight is 300 g/mol. The third kappa shape index (κ3) is 4.13. The monoisotopic (exact) mass is 299 g/mol. The second-order valence-electron chi connectivity index (χ2n) is 3.97. The van der Waals surface area contributed by atoms with Crippen LogP contribution in [0.1, 0.15) is 31.9 Å². The highest BCUT2D eigenvalue weighted by Gasteiger charge is 2.16. The van der Waals surface area contributed by atoms with E-state index in [0.717, 1.165) is 11.0 Å². The summed E-state index contributed by atoms with van der Waals surface area (Å²) in [5.74, 6) is -0.747. The fourth-order valence-corrected chi connectivity index (χ4v) is 2.49. The van der Waals surface area contributed by atoms with Crippen molar-refractivity contribution in [3.8, 4) is 0 Å². The Balaban J connectivity index is 2.75. The van der Waals surface area contributed by atoms with Gasteiger partial charge in [-0.1, -0.05) is 41.1 Å². The van der Waals surface area contributed by atoms with Crippen LogP contribution in [0, 0.1) is 0 Å². The molecule has 0 amide bonds. The van der Waals surface area contributed by atoms with E-state index in [-0.39, 0.29) is 12.5 Å². The van der Waals surface area contributed by atoms with Crippen molar-refractivity contribution in [1.82, 2.24) is 4.90 Å². The van der Waals surface area contributed by atoms with Crippen molar-refractivity contribution in [3.63, 3.8) is 0 Å². The Morgan fingerprint density at radius 2 is 2.12 bits per heavy atom. The summed E-state index contributed by atoms with van der Waals surface area (Å²) in [6, 6.07) is 8.28. The summed E-state index contributed by atoms with van der Waals surface area (Å²) in [6.07, 6.45) is 0.183. The number of halogens is 1. The van der Waals surface area contributed by atoms with Gasteiger partial charge in [0.15, 0.2) is 0 Å². The lowest BCUT2D eigenvalue weighted by molar-refractivity contribution is -0.137. The predicted molar refractivity (Wildman–Crippen MR) is 72.1 cm³/mol. The first-order chi connectivity index (χ1) is 8.06. The van der Waals surface area contributed by atoms with Gasteiger partial charge in [-0.05, 0) is 25.1 Å². The molecule has 1 atom stereocenters. The summed E-state index contributed by atoms with van der Waals surface area (Å²) in [7, 11) is 0. The molecule has 0 saturated carbocycles. The molecule has 0 spiro atoms. The smallest absolute Gasteiger partial charge is 0.304 e. The highest BCUT2D eigenvalue weighted by molar-refractivity contribution is 9.10. The molecule has 3 nitrogen and oxygen atoms in total. The molecule has 1 aromatic carbocycles. The third-order valence-corrected chi connectivity index (χ3v) is 3.64. The zero-order chi connectivity index (χ0) is 12.8. The lowest BCUT2D eigenvalue weighted by atomic mass is 10.1. The quantitative estimate of drug-likeness (QED) is 0.876. The van der Waals surface area contributed by atoms with Crippen LogP contribution in [0.4, 0.5) is 0 Å². The van der Waals surface area contributed by atoms with Crippen molar-refractivity contribution in [2.45, 2.75) is 26.3 Å². The Bertz CT molecular complexity index is 381. The number of carbonyl (C=O) groups is 1. The zero-order valence-corrected chi connectivity index (χ0v) is 11.8. The highest BCUT2D eigenvalue weighted by Crippen LogP contribution is 2.27. The van der Waals surface area contributed by atoms with Crippen LogP contribution in [-0.2, 0) is 4.79 Å². The summed E-state index contributed by atoms with van der Waals surface area (Å²) < 4.78 is 1.07. The molecule has 0 saturated heterocycles. The molecule has 1 rings (SSSR count). The molecular formula is C13H18BrNO2. The Kier molecular flexibility index (Phi) is 5.65. The second-order valence-corrected chi connectivity index (χ2v) is 4.82. The average Bonchev–Trinajstić information content (AvgIpc) is 2.29. The normalized spacial score (nSPS) is 12.7. The first-order valence-corrected chi connectivity index (χ1v) is 6.55. The van der Waals surface area contributed by atoms with E-state index in [2.05, 4.69) is 40.7 Å². The second kappa shape index (κ2) is 6.77. The third-order valence-electron chi connectivity index (χ3n) is 2.92. The van der Waals surface area contributed by atoms with E-state index in [4.69, 9.17) is 5.11 Å². The van der Waals surface area contributed by atoms with Crippen molar-refractivity contribution in [2.24, 2.45) is 0 Å². The summed E-state index contributed by atoms with van der Waals surface area (Å²) >= 11 is 3.53. The Hall–Kier alpha value is -0.870. The fourth-order valence-electron chi connectivity index (χ4n) is 1.88. The van der Waals surface area contributed by atoms with E-state index >= 15 is 0 Å². The largest absolute Gasteiger partial charge is 0.481 e. The Morgan fingerprint density at radius 3 is 2.65 bits per heavy atom. The molecule has 0 bridgehead atoms. The van der Waals surface area contributed by atoms with Gasteiger partial charge in [-0.25, -0.2) is 0 Å². The van der Waals surface area contributed by atoms with Crippen LogP contribution < -0.4 is 0 Å². The number of hydrogen-bond donors (Lipinski definition) is 1. The first-order valence-electron chi connectivity index (χ1n) is 5.76. The Labute approximate surface area is 111 Å². The molecule has 0 fully saturated rings. The van der Waals surface area contributed by atoms with E-state index in [9.17, 15) is 4.79 Å². The summed E-state index contributed by atoms with van der Waals surface area (Å²) in [5, 5.41) is 8.73. The van der Waals surface area contributed by atoms with Gasteiger partial charge in [0.05, 0.1) is 6.42 Å². The first kappa shape index (κ1) is 14.2. The van der Waals surface area contributed by atoms with Crippen LogP contribution >= 0.6 is 15.9 Å². The van der Waals surface area contributed by atoms with Crippen LogP contribution in [0.3, 0.4) is 0 Å². The summed E-state index contributed by atoms with van der Waals surface area (Å²) in [6.45, 7) is 5.57. The molecule has 94 valence electrons. The summed E-state index contributed by atoms with van der Waals surface area (Å²) in [5.41, 5.74) is 1.19. The molecule has 0 aromatic heterocycles. The van der Waals surface area contributed by atoms with Crippen molar-refractivity contribution in [3.05, 3.63) is 34.3 Å². The van der Waals surface area contributed by atoms with Crippen molar-refractivity contribution in [2.75, 3.05) is 13.1 Å². The van der Waals surface area contributed by atoms with Gasteiger partial charge in [0.2, 0.25) is 0 Å². The number of benzene rings is 1. The molecule has 0 radical (unpaired) electrons. The minimum Gasteiger partial charge on any atom is -0.481 e. The number of carboxylic acid groups (broad SMARTS) is 1. The highest BCUT2D eigenvalue weighted by atomic mass is 79.9. The van der Waals surface area contributed by atoms with E-state index in [1.165, 1.54) is 5.56 Å². The zero-order valence-electron chi connectivity index (χ0n) is 10.2. The maximum absolute atomic E-state index is 10.6. The molecule has 0 heterocycles. The minimum atomic E-state index is -0.747. The minimum absolute atomic E-state index is 0.183. The van der Waals surface area contributed by atoms with Gasteiger partial charge in [0.25, 0.3) is 0 Å². The fraction of sp³-hybridized carbons (Fsp3) is 0.462. The van der Waals surface area contributed by atoms with E-state index in [0.29, 0.717) is 6.54 Å². The SMILES string of the molecule is CCN(CCC(=O)O)C(C)c1ccccc1Br. The molecular weight excluding hydrogens is 282 g/mol. The van der Waals surface area contributed by atoms with Crippen LogP contribution in [-0.4, -0.2) is 29.1 Å². The standard InChI is InChI=1S/C13H18BrNO2/c1-3-15(9-8-13(16)17)10(2)11-6-4-5-7-12(11)14/h4-7,10H,3,8-9H2,1-2H3,(H,16,17). The van der Waals surface area contributed by atoms with Gasteiger partial charge in [0, 0.05) is 17.1 Å². The lowest BCUT2D eigenvalue weighted by Gasteiger charge is -2.28. The van der Waals surface area contributed by atoms with E-state index < -0.39 is 5.97 Å². The molecule has 1 aromatic rings. The van der Waals surface area contributed by atoms with Gasteiger partial charge < -0.3 is 5.11 Å². The molecule has 4 heteroatoms. The molecule has 17 heavy (non-hydrogen) atoms. The van der Waals surface area contributed by atoms with E-state index in [1.54, 1.807) is 0 Å². The number of hydrogen-bond acceptors (Lipinski definition) is 2. The maximum atomic E-state index is 10.6. The maximum Gasteiger partial charge on any atom is 0.304 e. The van der Waals surface area contributed by atoms with Crippen LogP contribution in [0.15, 0.2) is 28.7 Å². The van der Waals surface area contributed by atoms with Crippen molar-refractivity contribution < 1.29 is 9.90 Å². The van der Waals surface area contributed by atoms with Crippen molar-refractivity contribution >= 4 is 21.9 Å². The predicted octanol–water partition coefficient (Wildman–Crippen LogP) is 3.31. The molecule has 0 aliphatic carbocycles. The van der Waals surface area contributed by atoms with Crippen LogP contribution in [0.25, 0.3) is 0 Å². The number of carboxylic acids is 1. The number of nitrogens with zero attached hydrogens (tertiary/aromatic N) is 1. The number of rotatable bonds is 6. The molecule has 0 aliphatic rings. The van der Waals surface area contributed by atoms with Gasteiger partial charge in [-0.3, -0.25) is 9.69 Å². The number of aliphatic carboxylic acids is 1. The van der Waals surface area contributed by atoms with Crippen LogP contribution in [0.2, 0.25) is 0 Å². The Morgan fingerprint density at radius 1 is 1.47 bits per heavy atom. The van der Waals surface area contributed by atoms with E-state index in [1.807, 2.05) is 18.2 Å². The lowest BCUT2D eigenvalue weighted by Crippen LogP contribution is -2.29. The summed E-state index contributed by atoms with van der Waals surface area (Å²) in [4.78, 5) is 12.8. The molecule has 1 unspecified atom stereocenters. The topological polar surface area (TPSA) is 40.5 Å². The van der Waals surface area contributed by atoms with Gasteiger partial charge in [-0.2, -0.15) is 0 Å². The van der Waals surface area contributed by atoms with Crippen LogP contribution in [0.5, 0.6) is 0 Å². The molecule has 0 aliphatic heterocycles. The van der Waals surface area contributed by atoms with Crippen molar-refractivity contribution in [1.29, 1.82) is 0 Å². The van der Waals surface area contributed by atoms with Gasteiger partial charge >= 0.3 is 5.97 Å². The van der Waals surface area contributed by atoms with Gasteiger partial charge in [0.1, 0.15) is 0 Å². The van der Waals surface area contributed by atoms with Gasteiger partial charge in [-0.15, -0.1) is 0 Å². The molecule has 1 N–H and O–H groups in total.